The van der Waals surface area contributed by atoms with Gasteiger partial charge < -0.3 is 42.1 Å². The van der Waals surface area contributed by atoms with Crippen molar-refractivity contribution in [2.24, 2.45) is 5.73 Å². The van der Waals surface area contributed by atoms with E-state index in [1.165, 1.54) is 12.5 Å². The van der Waals surface area contributed by atoms with Crippen LogP contribution in [0.1, 0.15) is 36.9 Å². The number of nitrogens with two attached hydrogens (primary N) is 1. The lowest BCUT2D eigenvalue weighted by molar-refractivity contribution is -0.142. The van der Waals surface area contributed by atoms with Crippen molar-refractivity contribution in [3.63, 3.8) is 0 Å². The molecule has 4 amide bonds. The molecule has 14 heteroatoms. The first-order valence-corrected chi connectivity index (χ1v) is 13.4. The van der Waals surface area contributed by atoms with Crippen LogP contribution in [0.25, 0.3) is 10.9 Å². The first kappa shape index (κ1) is 29.3. The van der Waals surface area contributed by atoms with Crippen LogP contribution in [0.15, 0.2) is 43.0 Å². The third kappa shape index (κ3) is 7.91. The molecule has 2 aromatic heterocycles. The number of aliphatic carboxylic acids is 1. The Bertz CT molecular complexity index is 1380. The number of benzene rings is 1. The molecule has 14 nitrogen and oxygen atoms in total. The summed E-state index contributed by atoms with van der Waals surface area (Å²) in [5.74, 6) is -3.78. The highest BCUT2D eigenvalue weighted by Crippen LogP contribution is 2.19. The molecule has 1 aliphatic rings. The topological polar surface area (TPSA) is 224 Å². The standard InChI is InChI=1S/C27H34N8O6/c28-23(36)8-7-20(27(40)41)33-26(39)22(11-16-13-29-14-32-16)35-25(38)21(34-24(37)19-6-3-9-30-19)10-15-12-31-18-5-2-1-4-17(15)18/h1-2,4-5,12-14,19-22,30-31H,3,6-11H2,(H2,28,36)(H,29,32)(H,33,39)(H,34,37)(H,35,38)(H,40,41). The maximum absolute atomic E-state index is 13.7. The van der Waals surface area contributed by atoms with E-state index in [9.17, 15) is 29.1 Å². The van der Waals surface area contributed by atoms with Gasteiger partial charge in [0.15, 0.2) is 0 Å². The monoisotopic (exact) mass is 566 g/mol. The lowest BCUT2D eigenvalue weighted by Gasteiger charge is -2.25. The van der Waals surface area contributed by atoms with Gasteiger partial charge in [0.25, 0.3) is 0 Å². The van der Waals surface area contributed by atoms with Gasteiger partial charge in [-0.3, -0.25) is 19.2 Å². The summed E-state index contributed by atoms with van der Waals surface area (Å²) < 4.78 is 0. The molecule has 3 heterocycles. The normalized spacial score (nSPS) is 16.9. The molecule has 1 aliphatic heterocycles. The summed E-state index contributed by atoms with van der Waals surface area (Å²) in [7, 11) is 0. The molecular weight excluding hydrogens is 532 g/mol. The van der Waals surface area contributed by atoms with Crippen LogP contribution in [-0.4, -0.2) is 80.4 Å². The van der Waals surface area contributed by atoms with Crippen LogP contribution >= 0.6 is 0 Å². The zero-order chi connectivity index (χ0) is 29.4. The van der Waals surface area contributed by atoms with E-state index in [0.29, 0.717) is 18.7 Å². The highest BCUT2D eigenvalue weighted by molar-refractivity contribution is 5.95. The number of fused-ring (bicyclic) bond motifs is 1. The van der Waals surface area contributed by atoms with Crippen LogP contribution in [0.4, 0.5) is 0 Å². The van der Waals surface area contributed by atoms with E-state index in [1.807, 2.05) is 24.3 Å². The van der Waals surface area contributed by atoms with E-state index in [-0.39, 0.29) is 31.6 Å². The van der Waals surface area contributed by atoms with Gasteiger partial charge in [-0.05, 0) is 37.4 Å². The Balaban J connectivity index is 1.55. The van der Waals surface area contributed by atoms with Crippen molar-refractivity contribution in [2.45, 2.75) is 62.7 Å². The number of nitrogens with zero attached hydrogens (tertiary/aromatic N) is 1. The van der Waals surface area contributed by atoms with Gasteiger partial charge >= 0.3 is 5.97 Å². The van der Waals surface area contributed by atoms with E-state index in [4.69, 9.17) is 5.73 Å². The lowest BCUT2D eigenvalue weighted by Crippen LogP contribution is -2.58. The van der Waals surface area contributed by atoms with Gasteiger partial charge in [-0.1, -0.05) is 18.2 Å². The van der Waals surface area contributed by atoms with Crippen LogP contribution < -0.4 is 27.0 Å². The molecule has 218 valence electrons. The fourth-order valence-corrected chi connectivity index (χ4v) is 4.82. The second-order valence-corrected chi connectivity index (χ2v) is 10.0. The summed E-state index contributed by atoms with van der Waals surface area (Å²) in [5.41, 5.74) is 7.33. The number of imidazole rings is 1. The van der Waals surface area contributed by atoms with Gasteiger partial charge in [0.2, 0.25) is 23.6 Å². The van der Waals surface area contributed by atoms with Crippen LogP contribution in [0.3, 0.4) is 0 Å². The minimum atomic E-state index is -1.40. The van der Waals surface area contributed by atoms with Crippen molar-refractivity contribution in [3.05, 3.63) is 54.2 Å². The number of amides is 4. The number of para-hydroxylation sites is 1. The smallest absolute Gasteiger partial charge is 0.326 e. The lowest BCUT2D eigenvalue weighted by atomic mass is 10.0. The highest BCUT2D eigenvalue weighted by Gasteiger charge is 2.32. The molecule has 4 atom stereocenters. The predicted octanol–water partition coefficient (Wildman–Crippen LogP) is -0.767. The Hall–Kier alpha value is -4.72. The number of carbonyl (C=O) groups excluding carboxylic acids is 4. The molecule has 9 N–H and O–H groups in total. The second kappa shape index (κ2) is 13.6. The minimum absolute atomic E-state index is 0.0301. The van der Waals surface area contributed by atoms with Crippen molar-refractivity contribution in [1.82, 2.24) is 36.2 Å². The largest absolute Gasteiger partial charge is 0.480 e. The quantitative estimate of drug-likeness (QED) is 0.123. The molecule has 1 fully saturated rings. The molecule has 0 bridgehead atoms. The highest BCUT2D eigenvalue weighted by atomic mass is 16.4. The van der Waals surface area contributed by atoms with Gasteiger partial charge in [-0.25, -0.2) is 9.78 Å². The van der Waals surface area contributed by atoms with Gasteiger partial charge in [0, 0.05) is 48.3 Å². The van der Waals surface area contributed by atoms with E-state index >= 15 is 0 Å². The number of aromatic nitrogens is 3. The molecular formula is C27H34N8O6. The van der Waals surface area contributed by atoms with Crippen molar-refractivity contribution in [3.8, 4) is 0 Å². The van der Waals surface area contributed by atoms with Crippen LogP contribution in [-0.2, 0) is 36.8 Å². The molecule has 1 saturated heterocycles. The fraction of sp³-hybridized carbons (Fsp3) is 0.407. The average Bonchev–Trinajstić information content (AvgIpc) is 3.73. The molecule has 0 aliphatic carbocycles. The predicted molar refractivity (Wildman–Crippen MR) is 147 cm³/mol. The Morgan fingerprint density at radius 1 is 1.00 bits per heavy atom. The summed E-state index contributed by atoms with van der Waals surface area (Å²) in [6, 6.07) is 3.48. The molecule has 4 unspecified atom stereocenters. The van der Waals surface area contributed by atoms with Crippen LogP contribution in [0, 0.1) is 0 Å². The Kier molecular flexibility index (Phi) is 9.68. The van der Waals surface area contributed by atoms with E-state index in [1.54, 1.807) is 6.20 Å². The number of nitrogens with one attached hydrogen (secondary N) is 6. The first-order valence-electron chi connectivity index (χ1n) is 13.4. The van der Waals surface area contributed by atoms with E-state index in [2.05, 4.69) is 36.2 Å². The molecule has 1 aromatic carbocycles. The van der Waals surface area contributed by atoms with Crippen molar-refractivity contribution < 1.29 is 29.1 Å². The summed E-state index contributed by atoms with van der Waals surface area (Å²) in [5, 5.41) is 21.5. The molecule has 4 rings (SSSR count). The van der Waals surface area contributed by atoms with Crippen LogP contribution in [0.5, 0.6) is 0 Å². The number of primary amides is 1. The Labute approximate surface area is 235 Å². The Morgan fingerprint density at radius 2 is 1.73 bits per heavy atom. The second-order valence-electron chi connectivity index (χ2n) is 10.0. The van der Waals surface area contributed by atoms with Gasteiger partial charge in [-0.15, -0.1) is 0 Å². The van der Waals surface area contributed by atoms with E-state index in [0.717, 1.165) is 22.9 Å². The minimum Gasteiger partial charge on any atom is -0.480 e. The molecule has 0 saturated carbocycles. The number of H-pyrrole nitrogens is 2. The number of carboxylic acid groups (broad SMARTS) is 1. The number of aromatic amines is 2. The zero-order valence-electron chi connectivity index (χ0n) is 22.3. The third-order valence-electron chi connectivity index (χ3n) is 7.01. The maximum atomic E-state index is 13.7. The maximum Gasteiger partial charge on any atom is 0.326 e. The Morgan fingerprint density at radius 3 is 2.39 bits per heavy atom. The SMILES string of the molecule is NC(=O)CCC(NC(=O)C(Cc1cnc[nH]1)NC(=O)C(Cc1c[nH]c2ccccc12)NC(=O)C1CCCN1)C(=O)O. The number of carbonyl (C=O) groups is 5. The number of hydrogen-bond acceptors (Lipinski definition) is 7. The van der Waals surface area contributed by atoms with E-state index < -0.39 is 47.9 Å². The van der Waals surface area contributed by atoms with Crippen LogP contribution in [0.2, 0.25) is 0 Å². The molecule has 41 heavy (non-hydrogen) atoms. The van der Waals surface area contributed by atoms with Gasteiger partial charge in [0.05, 0.1) is 12.4 Å². The summed E-state index contributed by atoms with van der Waals surface area (Å²) in [6.45, 7) is 0.699. The summed E-state index contributed by atoms with van der Waals surface area (Å²) in [6.07, 6.45) is 5.79. The van der Waals surface area contributed by atoms with Crippen molar-refractivity contribution in [2.75, 3.05) is 6.54 Å². The third-order valence-corrected chi connectivity index (χ3v) is 7.01. The number of rotatable bonds is 14. The van der Waals surface area contributed by atoms with Crippen molar-refractivity contribution in [1.29, 1.82) is 0 Å². The molecule has 3 aromatic rings. The fourth-order valence-electron chi connectivity index (χ4n) is 4.82. The summed E-state index contributed by atoms with van der Waals surface area (Å²) in [4.78, 5) is 72.8. The van der Waals surface area contributed by atoms with Gasteiger partial charge in [0.1, 0.15) is 18.1 Å². The zero-order valence-corrected chi connectivity index (χ0v) is 22.3. The molecule has 0 radical (unpaired) electrons. The average molecular weight is 567 g/mol. The number of carboxylic acids is 1. The van der Waals surface area contributed by atoms with Gasteiger partial charge in [-0.2, -0.15) is 0 Å². The molecule has 0 spiro atoms. The van der Waals surface area contributed by atoms with Crippen molar-refractivity contribution >= 4 is 40.5 Å². The number of hydrogen-bond donors (Lipinski definition) is 8. The summed E-state index contributed by atoms with van der Waals surface area (Å²) >= 11 is 0. The first-order chi connectivity index (χ1) is 19.7.